The quantitative estimate of drug-likeness (QED) is 0.586. The Bertz CT molecular complexity index is 1130. The summed E-state index contributed by atoms with van der Waals surface area (Å²) in [5.41, 5.74) is 3.67. The normalized spacial score (nSPS) is 12.7. The summed E-state index contributed by atoms with van der Waals surface area (Å²) in [4.78, 5) is 15.0. The van der Waals surface area contributed by atoms with Crippen molar-refractivity contribution in [2.24, 2.45) is 0 Å². The van der Waals surface area contributed by atoms with E-state index in [9.17, 15) is 14.3 Å². The minimum Gasteiger partial charge on any atom is -0.476 e. The molecule has 9 heteroatoms. The van der Waals surface area contributed by atoms with Crippen molar-refractivity contribution in [3.63, 3.8) is 0 Å². The van der Waals surface area contributed by atoms with Crippen molar-refractivity contribution >= 4 is 11.7 Å². The molecule has 2 aromatic heterocycles. The smallest absolute Gasteiger partial charge is 0.356 e. The first-order valence-electron chi connectivity index (χ1n) is 8.03. The fourth-order valence-electron chi connectivity index (χ4n) is 2.36. The molecule has 3 rings (SSSR count). The van der Waals surface area contributed by atoms with Gasteiger partial charge in [-0.05, 0) is 19.1 Å². The highest BCUT2D eigenvalue weighted by atomic mass is 19.1. The van der Waals surface area contributed by atoms with Crippen molar-refractivity contribution in [1.29, 1.82) is 0 Å². The summed E-state index contributed by atoms with van der Waals surface area (Å²) in [6.07, 6.45) is 0. The van der Waals surface area contributed by atoms with Gasteiger partial charge in [-0.3, -0.25) is 0 Å². The van der Waals surface area contributed by atoms with Gasteiger partial charge in [0.05, 0.1) is 5.69 Å². The van der Waals surface area contributed by atoms with Crippen molar-refractivity contribution in [3.8, 4) is 23.1 Å². The van der Waals surface area contributed by atoms with E-state index in [1.54, 1.807) is 25.1 Å². The molecule has 8 nitrogen and oxygen atoms in total. The Morgan fingerprint density at radius 3 is 2.71 bits per heavy atom. The summed E-state index contributed by atoms with van der Waals surface area (Å²) >= 11 is 0. The molecular formula is C19H15FN4O4. The highest BCUT2D eigenvalue weighted by Gasteiger charge is 2.27. The number of anilines is 1. The summed E-state index contributed by atoms with van der Waals surface area (Å²) in [6, 6.07) is 7.21. The van der Waals surface area contributed by atoms with Crippen molar-refractivity contribution in [1.82, 2.24) is 15.2 Å². The van der Waals surface area contributed by atoms with Crippen molar-refractivity contribution in [3.05, 3.63) is 59.2 Å². The van der Waals surface area contributed by atoms with Crippen LogP contribution in [0.3, 0.4) is 0 Å². The standard InChI is InChI=1S/C19H15FN4O4/c1-10-23-24-18(28-10)19(2,27)7-6-11-4-3-5-12(8-11)15-13(20)9-14(21)16(22-15)17(25)26/h3-5,8-9,27H,21H2,1-2H3,(H,25,26)/t19-/m1/s1. The van der Waals surface area contributed by atoms with Gasteiger partial charge < -0.3 is 20.4 Å². The van der Waals surface area contributed by atoms with E-state index in [0.29, 0.717) is 17.0 Å². The molecule has 0 aliphatic heterocycles. The van der Waals surface area contributed by atoms with Crippen LogP contribution in [0.4, 0.5) is 10.1 Å². The Morgan fingerprint density at radius 1 is 1.32 bits per heavy atom. The third-order valence-electron chi connectivity index (χ3n) is 3.74. The number of nitrogen functional groups attached to an aromatic ring is 1. The lowest BCUT2D eigenvalue weighted by Gasteiger charge is -2.10. The topological polar surface area (TPSA) is 135 Å². The third-order valence-corrected chi connectivity index (χ3v) is 3.74. The zero-order chi connectivity index (χ0) is 20.5. The number of nitrogens with two attached hydrogens (primary N) is 1. The van der Waals surface area contributed by atoms with Crippen LogP contribution < -0.4 is 5.73 Å². The van der Waals surface area contributed by atoms with Gasteiger partial charge in [-0.2, -0.15) is 0 Å². The maximum Gasteiger partial charge on any atom is 0.356 e. The van der Waals surface area contributed by atoms with E-state index in [2.05, 4.69) is 27.0 Å². The summed E-state index contributed by atoms with van der Waals surface area (Å²) in [7, 11) is 0. The van der Waals surface area contributed by atoms with E-state index in [-0.39, 0.29) is 17.3 Å². The van der Waals surface area contributed by atoms with Crippen molar-refractivity contribution in [2.75, 3.05) is 5.73 Å². The molecule has 0 bridgehead atoms. The van der Waals surface area contributed by atoms with Gasteiger partial charge in [0.1, 0.15) is 5.69 Å². The Kier molecular flexibility index (Phi) is 4.81. The lowest BCUT2D eigenvalue weighted by atomic mass is 10.0. The van der Waals surface area contributed by atoms with E-state index in [1.807, 2.05) is 0 Å². The Labute approximate surface area is 158 Å². The molecule has 4 N–H and O–H groups in total. The zero-order valence-electron chi connectivity index (χ0n) is 14.9. The summed E-state index contributed by atoms with van der Waals surface area (Å²) in [6.45, 7) is 2.99. The predicted molar refractivity (Wildman–Crippen MR) is 96.5 cm³/mol. The van der Waals surface area contributed by atoms with E-state index < -0.39 is 23.1 Å². The molecule has 3 aromatic rings. The minimum absolute atomic E-state index is 0.0500. The summed E-state index contributed by atoms with van der Waals surface area (Å²) < 4.78 is 19.5. The molecule has 0 unspecified atom stereocenters. The van der Waals surface area contributed by atoms with E-state index in [1.165, 1.54) is 13.0 Å². The molecule has 0 fully saturated rings. The minimum atomic E-state index is -1.68. The van der Waals surface area contributed by atoms with Crippen molar-refractivity contribution < 1.29 is 23.8 Å². The third kappa shape index (κ3) is 3.82. The summed E-state index contributed by atoms with van der Waals surface area (Å²) in [5, 5.41) is 26.9. The van der Waals surface area contributed by atoms with Crippen LogP contribution in [0.1, 0.15) is 34.8 Å². The molecule has 142 valence electrons. The van der Waals surface area contributed by atoms with Gasteiger partial charge in [-0.1, -0.05) is 24.0 Å². The van der Waals surface area contributed by atoms with Crippen LogP contribution in [0.5, 0.6) is 0 Å². The number of hydrogen-bond acceptors (Lipinski definition) is 7. The fraction of sp³-hybridized carbons (Fsp3) is 0.158. The molecular weight excluding hydrogens is 367 g/mol. The molecule has 28 heavy (non-hydrogen) atoms. The molecule has 0 spiro atoms. The van der Waals surface area contributed by atoms with Gasteiger partial charge in [0.2, 0.25) is 11.5 Å². The fourth-order valence-corrected chi connectivity index (χ4v) is 2.36. The van der Waals surface area contributed by atoms with Gasteiger partial charge >= 0.3 is 5.97 Å². The zero-order valence-corrected chi connectivity index (χ0v) is 14.9. The number of aromatic nitrogens is 3. The molecule has 1 atom stereocenters. The second-order valence-electron chi connectivity index (χ2n) is 6.09. The number of halogens is 1. The van der Waals surface area contributed by atoms with Gasteiger partial charge in [-0.15, -0.1) is 10.2 Å². The van der Waals surface area contributed by atoms with E-state index >= 15 is 0 Å². The van der Waals surface area contributed by atoms with Crippen LogP contribution in [-0.4, -0.2) is 31.4 Å². The molecule has 0 aliphatic rings. The largest absolute Gasteiger partial charge is 0.476 e. The first kappa shape index (κ1) is 19.0. The van der Waals surface area contributed by atoms with Crippen LogP contribution in [0.25, 0.3) is 11.3 Å². The van der Waals surface area contributed by atoms with E-state index in [4.69, 9.17) is 15.3 Å². The molecule has 0 amide bonds. The van der Waals surface area contributed by atoms with Crippen LogP contribution in [-0.2, 0) is 5.60 Å². The molecule has 2 heterocycles. The van der Waals surface area contributed by atoms with Crippen LogP contribution in [0.15, 0.2) is 34.7 Å². The number of carbonyl (C=O) groups is 1. The molecule has 0 saturated heterocycles. The van der Waals surface area contributed by atoms with Gasteiger partial charge in [0.25, 0.3) is 5.89 Å². The van der Waals surface area contributed by atoms with Gasteiger partial charge in [0, 0.05) is 24.1 Å². The number of carboxylic acid groups (broad SMARTS) is 1. The lowest BCUT2D eigenvalue weighted by Crippen LogP contribution is -2.19. The number of hydrogen-bond donors (Lipinski definition) is 3. The second-order valence-corrected chi connectivity index (χ2v) is 6.09. The number of aliphatic hydroxyl groups is 1. The Morgan fingerprint density at radius 2 is 2.07 bits per heavy atom. The molecule has 0 radical (unpaired) electrons. The molecule has 0 aliphatic carbocycles. The predicted octanol–water partition coefficient (Wildman–Crippen LogP) is 2.12. The number of benzene rings is 1. The van der Waals surface area contributed by atoms with E-state index in [0.717, 1.165) is 6.07 Å². The molecule has 0 saturated carbocycles. The number of rotatable bonds is 3. The van der Waals surface area contributed by atoms with Crippen molar-refractivity contribution in [2.45, 2.75) is 19.4 Å². The SMILES string of the molecule is Cc1nnc([C@](C)(O)C#Cc2cccc(-c3nc(C(=O)O)c(N)cc3F)c2)o1. The highest BCUT2D eigenvalue weighted by Crippen LogP contribution is 2.25. The van der Waals surface area contributed by atoms with Crippen LogP contribution >= 0.6 is 0 Å². The monoisotopic (exact) mass is 382 g/mol. The second kappa shape index (κ2) is 7.09. The van der Waals surface area contributed by atoms with Crippen LogP contribution in [0.2, 0.25) is 0 Å². The lowest BCUT2D eigenvalue weighted by molar-refractivity contribution is 0.0691. The van der Waals surface area contributed by atoms with Crippen LogP contribution in [0, 0.1) is 24.6 Å². The maximum absolute atomic E-state index is 14.3. The highest BCUT2D eigenvalue weighted by molar-refractivity contribution is 5.92. The Hall–Kier alpha value is -3.77. The first-order valence-corrected chi connectivity index (χ1v) is 8.03. The number of aromatic carboxylic acids is 1. The van der Waals surface area contributed by atoms with Gasteiger partial charge in [0.15, 0.2) is 11.5 Å². The average molecular weight is 382 g/mol. The van der Waals surface area contributed by atoms with Gasteiger partial charge in [-0.25, -0.2) is 14.2 Å². The number of aryl methyl sites for hydroxylation is 1. The maximum atomic E-state index is 14.3. The number of carboxylic acids is 1. The number of pyridine rings is 1. The Balaban J connectivity index is 1.99. The summed E-state index contributed by atoms with van der Waals surface area (Å²) in [5.74, 6) is 3.49. The average Bonchev–Trinajstić information content (AvgIpc) is 3.07. The molecule has 1 aromatic carbocycles. The first-order chi connectivity index (χ1) is 13.2. The number of nitrogens with zero attached hydrogens (tertiary/aromatic N) is 3.